The molecule has 55 heavy (non-hydrogen) atoms. The third kappa shape index (κ3) is 4.57. The van der Waals surface area contributed by atoms with Gasteiger partial charge in [-0.05, 0) is 112 Å². The Balaban J connectivity index is 0.961. The molecule has 0 saturated heterocycles. The van der Waals surface area contributed by atoms with Crippen LogP contribution in [0.5, 0.6) is 0 Å². The zero-order valence-electron chi connectivity index (χ0n) is 29.8. The van der Waals surface area contributed by atoms with Crippen LogP contribution in [0, 0.1) is 0 Å². The Morgan fingerprint density at radius 1 is 0.273 bits per heavy atom. The molecule has 0 fully saturated rings. The van der Waals surface area contributed by atoms with E-state index in [1.807, 2.05) is 12.1 Å². The molecular weight excluding hydrogens is 669 g/mol. The molecule has 12 aromatic rings. The molecular formula is C52H32N2O. The molecule has 0 aliphatic heterocycles. The molecule has 0 unspecified atom stereocenters. The fourth-order valence-electron chi connectivity index (χ4n) is 8.89. The van der Waals surface area contributed by atoms with Crippen LogP contribution in [0.3, 0.4) is 0 Å². The topological polar surface area (TPSA) is 23.0 Å². The molecule has 12 rings (SSSR count). The van der Waals surface area contributed by atoms with Crippen molar-refractivity contribution in [1.29, 1.82) is 0 Å². The lowest BCUT2D eigenvalue weighted by atomic mass is 10.0. The van der Waals surface area contributed by atoms with Gasteiger partial charge in [0.05, 0.1) is 22.1 Å². The summed E-state index contributed by atoms with van der Waals surface area (Å²) in [7, 11) is 0. The second-order valence-corrected chi connectivity index (χ2v) is 14.6. The van der Waals surface area contributed by atoms with Crippen LogP contribution in [-0.2, 0) is 0 Å². The van der Waals surface area contributed by atoms with Crippen LogP contribution in [-0.4, -0.2) is 9.13 Å². The van der Waals surface area contributed by atoms with Crippen molar-refractivity contribution in [3.63, 3.8) is 0 Å². The van der Waals surface area contributed by atoms with Gasteiger partial charge in [-0.2, -0.15) is 0 Å². The van der Waals surface area contributed by atoms with Crippen molar-refractivity contribution in [2.75, 3.05) is 0 Å². The third-order valence-electron chi connectivity index (χ3n) is 11.5. The van der Waals surface area contributed by atoms with E-state index in [1.165, 1.54) is 82.3 Å². The van der Waals surface area contributed by atoms with E-state index in [-0.39, 0.29) is 0 Å². The van der Waals surface area contributed by atoms with Gasteiger partial charge in [0, 0.05) is 43.7 Å². The molecule has 0 atom stereocenters. The first kappa shape index (κ1) is 30.1. The van der Waals surface area contributed by atoms with E-state index in [0.717, 1.165) is 27.6 Å². The van der Waals surface area contributed by atoms with Crippen molar-refractivity contribution in [2.45, 2.75) is 0 Å². The smallest absolute Gasteiger partial charge is 0.135 e. The van der Waals surface area contributed by atoms with Crippen LogP contribution in [0.2, 0.25) is 0 Å². The predicted octanol–water partition coefficient (Wildman–Crippen LogP) is 14.3. The highest BCUT2D eigenvalue weighted by Gasteiger charge is 2.17. The quantitative estimate of drug-likeness (QED) is 0.179. The standard InChI is InChI=1S/C52H32N2O/c1-2-10-35-29-40(25-19-33(35)9-1)54-48-15-7-4-12-42(48)45-31-38(21-27-50(45)54)37-20-26-49-44(30-37)41-11-3-6-14-47(41)53(49)39-23-17-34(18-24-39)36-22-28-52-46(32-36)43-13-5-8-16-51(43)55-52/h1-32H. The summed E-state index contributed by atoms with van der Waals surface area (Å²) in [5.41, 5.74) is 13.7. The molecule has 9 aromatic carbocycles. The molecule has 0 aliphatic rings. The highest BCUT2D eigenvalue weighted by atomic mass is 16.3. The lowest BCUT2D eigenvalue weighted by molar-refractivity contribution is 0.669. The Kier molecular flexibility index (Phi) is 6.34. The van der Waals surface area contributed by atoms with Crippen LogP contribution in [0.1, 0.15) is 0 Å². The summed E-state index contributed by atoms with van der Waals surface area (Å²) in [5.74, 6) is 0. The van der Waals surface area contributed by atoms with Gasteiger partial charge in [0.25, 0.3) is 0 Å². The van der Waals surface area contributed by atoms with E-state index in [1.54, 1.807) is 0 Å². The molecule has 3 aromatic heterocycles. The van der Waals surface area contributed by atoms with E-state index < -0.39 is 0 Å². The van der Waals surface area contributed by atoms with Gasteiger partial charge in [0.2, 0.25) is 0 Å². The Labute approximate surface area is 316 Å². The Bertz CT molecular complexity index is 3490. The van der Waals surface area contributed by atoms with Crippen LogP contribution >= 0.6 is 0 Å². The van der Waals surface area contributed by atoms with Crippen molar-refractivity contribution >= 4 is 76.3 Å². The normalized spacial score (nSPS) is 12.0. The van der Waals surface area contributed by atoms with Crippen molar-refractivity contribution < 1.29 is 4.42 Å². The van der Waals surface area contributed by atoms with Crippen LogP contribution in [0.15, 0.2) is 199 Å². The largest absolute Gasteiger partial charge is 0.456 e. The zero-order chi connectivity index (χ0) is 36.0. The van der Waals surface area contributed by atoms with Crippen LogP contribution in [0.25, 0.3) is 110 Å². The Morgan fingerprint density at radius 3 is 1.45 bits per heavy atom. The summed E-state index contributed by atoms with van der Waals surface area (Å²) < 4.78 is 10.9. The van der Waals surface area contributed by atoms with Gasteiger partial charge >= 0.3 is 0 Å². The number of hydrogen-bond donors (Lipinski definition) is 0. The monoisotopic (exact) mass is 700 g/mol. The molecule has 0 saturated carbocycles. The van der Waals surface area contributed by atoms with Gasteiger partial charge in [-0.3, -0.25) is 0 Å². The summed E-state index contributed by atoms with van der Waals surface area (Å²) in [6.07, 6.45) is 0. The lowest BCUT2D eigenvalue weighted by Crippen LogP contribution is -1.94. The molecule has 0 aliphatic carbocycles. The number of benzene rings is 9. The van der Waals surface area contributed by atoms with Crippen molar-refractivity contribution in [1.82, 2.24) is 9.13 Å². The average Bonchev–Trinajstić information content (AvgIpc) is 3.90. The van der Waals surface area contributed by atoms with Gasteiger partial charge in [-0.1, -0.05) is 115 Å². The lowest BCUT2D eigenvalue weighted by Gasteiger charge is -2.11. The number of aromatic nitrogens is 2. The summed E-state index contributed by atoms with van der Waals surface area (Å²) >= 11 is 0. The van der Waals surface area contributed by atoms with Crippen LogP contribution < -0.4 is 0 Å². The number of hydrogen-bond acceptors (Lipinski definition) is 1. The summed E-state index contributed by atoms with van der Waals surface area (Å²) in [6, 6.07) is 70.4. The minimum atomic E-state index is 0.916. The van der Waals surface area contributed by atoms with E-state index in [0.29, 0.717) is 0 Å². The number of rotatable bonds is 4. The molecule has 0 spiro atoms. The summed E-state index contributed by atoms with van der Waals surface area (Å²) in [6.45, 7) is 0. The molecule has 0 N–H and O–H groups in total. The summed E-state index contributed by atoms with van der Waals surface area (Å²) in [5, 5.41) is 9.78. The van der Waals surface area contributed by atoms with E-state index in [4.69, 9.17) is 4.42 Å². The first-order valence-electron chi connectivity index (χ1n) is 18.8. The van der Waals surface area contributed by atoms with Gasteiger partial charge < -0.3 is 13.6 Å². The van der Waals surface area contributed by atoms with E-state index >= 15 is 0 Å². The zero-order valence-corrected chi connectivity index (χ0v) is 29.8. The number of para-hydroxylation sites is 3. The maximum Gasteiger partial charge on any atom is 0.135 e. The second kappa shape index (κ2) is 11.6. The van der Waals surface area contributed by atoms with Gasteiger partial charge in [-0.15, -0.1) is 0 Å². The Hall–Kier alpha value is -7.36. The van der Waals surface area contributed by atoms with Gasteiger partial charge in [0.15, 0.2) is 0 Å². The molecule has 0 bridgehead atoms. The molecule has 0 amide bonds. The Morgan fingerprint density at radius 2 is 0.745 bits per heavy atom. The predicted molar refractivity (Wildman–Crippen MR) is 231 cm³/mol. The number of furan rings is 1. The van der Waals surface area contributed by atoms with E-state index in [9.17, 15) is 0 Å². The average molecular weight is 701 g/mol. The SMILES string of the molecule is c1ccc2cc(-n3c4ccccc4c4cc(-c5ccc6c(c5)c5ccccc5n6-c5ccc(-c6ccc7oc8ccccc8c7c6)cc5)ccc43)ccc2c1. The second-order valence-electron chi connectivity index (χ2n) is 14.6. The molecule has 3 nitrogen and oxygen atoms in total. The minimum absolute atomic E-state index is 0.916. The fourth-order valence-corrected chi connectivity index (χ4v) is 8.89. The van der Waals surface area contributed by atoms with Gasteiger partial charge in [-0.25, -0.2) is 0 Å². The summed E-state index contributed by atoms with van der Waals surface area (Å²) in [4.78, 5) is 0. The molecule has 3 heteroatoms. The van der Waals surface area contributed by atoms with Crippen molar-refractivity contribution in [3.8, 4) is 33.6 Å². The number of fused-ring (bicyclic) bond motifs is 10. The number of nitrogens with zero attached hydrogens (tertiary/aromatic N) is 2. The first-order chi connectivity index (χ1) is 27.2. The van der Waals surface area contributed by atoms with Crippen molar-refractivity contribution in [2.24, 2.45) is 0 Å². The molecule has 0 radical (unpaired) electrons. The fraction of sp³-hybridized carbons (Fsp3) is 0. The van der Waals surface area contributed by atoms with Crippen LogP contribution in [0.4, 0.5) is 0 Å². The maximum absolute atomic E-state index is 6.09. The molecule has 3 heterocycles. The van der Waals surface area contributed by atoms with E-state index in [2.05, 4.69) is 191 Å². The van der Waals surface area contributed by atoms with Crippen molar-refractivity contribution in [3.05, 3.63) is 194 Å². The maximum atomic E-state index is 6.09. The highest BCUT2D eigenvalue weighted by Crippen LogP contribution is 2.39. The molecule has 256 valence electrons. The minimum Gasteiger partial charge on any atom is -0.456 e. The third-order valence-corrected chi connectivity index (χ3v) is 11.5. The highest BCUT2D eigenvalue weighted by molar-refractivity contribution is 6.13. The first-order valence-corrected chi connectivity index (χ1v) is 18.8. The van der Waals surface area contributed by atoms with Gasteiger partial charge in [0.1, 0.15) is 11.2 Å².